The lowest BCUT2D eigenvalue weighted by atomic mass is 9.79. The van der Waals surface area contributed by atoms with Crippen molar-refractivity contribution in [1.82, 2.24) is 29.2 Å². The summed E-state index contributed by atoms with van der Waals surface area (Å²) in [6, 6.07) is 12.0. The highest BCUT2D eigenvalue weighted by Crippen LogP contribution is 2.54. The van der Waals surface area contributed by atoms with E-state index in [-0.39, 0.29) is 71.9 Å². The minimum atomic E-state index is -0.972. The predicted molar refractivity (Wildman–Crippen MR) is 203 cm³/mol. The smallest absolute Gasteiger partial charge is 0.407 e. The number of amides is 2. The van der Waals surface area contributed by atoms with Gasteiger partial charge in [-0.15, -0.1) is 0 Å². The van der Waals surface area contributed by atoms with E-state index in [1.54, 1.807) is 25.1 Å². The molecule has 4 aliphatic heterocycles. The number of carbonyl (C=O) groups excluding carboxylic acids is 1. The molecule has 5 aromatic rings. The Morgan fingerprint density at radius 1 is 1.09 bits per heavy atom. The molecule has 6 atom stereocenters. The van der Waals surface area contributed by atoms with Gasteiger partial charge in [0.15, 0.2) is 5.82 Å². The number of rotatable bonds is 8. The largest absolute Gasteiger partial charge is 0.472 e. The van der Waals surface area contributed by atoms with E-state index in [0.29, 0.717) is 57.8 Å². The monoisotopic (exact) mass is 747 g/mol. The number of carbonyl (C=O) groups is 2. The fourth-order valence-electron chi connectivity index (χ4n) is 10.2. The zero-order valence-corrected chi connectivity index (χ0v) is 31.1. The molecule has 55 heavy (non-hydrogen) atoms. The summed E-state index contributed by atoms with van der Waals surface area (Å²) in [5.74, 6) is -0.922. The van der Waals surface area contributed by atoms with Crippen molar-refractivity contribution in [3.8, 4) is 23.1 Å². The van der Waals surface area contributed by atoms with Gasteiger partial charge in [-0.2, -0.15) is 5.26 Å². The summed E-state index contributed by atoms with van der Waals surface area (Å²) < 4.78 is 41.6. The SMILES string of the molecule is CC(=O)N1CCC[C@@H]1c1cc2c(O[C@@H](C)[C@@H]3CCCN3C)nc3c(F)c(-c4cccc5ncc(F)cc45)c(CCC#N)cc3c2n1[C@H]1[C@@H]2C[C@H]1N(C(=O)O)C2. The van der Waals surface area contributed by atoms with Crippen LogP contribution < -0.4 is 4.74 Å². The molecule has 1 N–H and O–H groups in total. The number of likely N-dealkylation sites (tertiary alicyclic amines) is 2. The van der Waals surface area contributed by atoms with Crippen LogP contribution in [0.4, 0.5) is 13.6 Å². The van der Waals surface area contributed by atoms with E-state index in [4.69, 9.17) is 9.72 Å². The molecule has 1 aliphatic carbocycles. The van der Waals surface area contributed by atoms with Gasteiger partial charge in [0.2, 0.25) is 11.8 Å². The topological polar surface area (TPSA) is 128 Å². The second-order valence-corrected chi connectivity index (χ2v) is 15.8. The van der Waals surface area contributed by atoms with Crippen LogP contribution in [0, 0.1) is 28.9 Å². The number of ether oxygens (including phenoxy) is 1. The molecule has 10 rings (SSSR count). The normalized spacial score (nSPS) is 24.2. The number of hydrogen-bond donors (Lipinski definition) is 1. The maximum Gasteiger partial charge on any atom is 0.407 e. The Morgan fingerprint density at radius 2 is 1.91 bits per heavy atom. The number of hydrogen-bond acceptors (Lipinski definition) is 7. The average molecular weight is 748 g/mol. The molecule has 5 aliphatic rings. The number of nitriles is 1. The molecular formula is C42H43F2N7O4. The first-order valence-corrected chi connectivity index (χ1v) is 19.3. The first-order chi connectivity index (χ1) is 26.5. The number of benzene rings is 2. The van der Waals surface area contributed by atoms with E-state index in [9.17, 15) is 24.3 Å². The molecule has 0 spiro atoms. The van der Waals surface area contributed by atoms with Crippen LogP contribution in [0.15, 0.2) is 42.6 Å². The van der Waals surface area contributed by atoms with E-state index in [2.05, 4.69) is 27.6 Å². The van der Waals surface area contributed by atoms with Crippen LogP contribution in [0.3, 0.4) is 0 Å². The van der Waals surface area contributed by atoms with Gasteiger partial charge in [-0.25, -0.2) is 18.6 Å². The van der Waals surface area contributed by atoms with E-state index >= 15 is 4.39 Å². The Kier molecular flexibility index (Phi) is 8.64. The third kappa shape index (κ3) is 5.59. The van der Waals surface area contributed by atoms with Crippen LogP contribution in [0.5, 0.6) is 5.88 Å². The zero-order valence-electron chi connectivity index (χ0n) is 31.1. The molecular weight excluding hydrogens is 705 g/mol. The van der Waals surface area contributed by atoms with E-state index in [1.165, 1.54) is 11.0 Å². The second kappa shape index (κ2) is 13.4. The number of aromatic nitrogens is 3. The van der Waals surface area contributed by atoms with Crippen LogP contribution in [0.1, 0.15) is 75.7 Å². The third-order valence-electron chi connectivity index (χ3n) is 12.8. The number of fused-ring (bicyclic) bond motifs is 5. The molecule has 0 unspecified atom stereocenters. The number of pyridine rings is 2. The van der Waals surface area contributed by atoms with Crippen molar-refractivity contribution in [1.29, 1.82) is 5.26 Å². The Morgan fingerprint density at radius 3 is 2.64 bits per heavy atom. The van der Waals surface area contributed by atoms with Crippen molar-refractivity contribution < 1.29 is 28.2 Å². The molecule has 2 amide bonds. The molecule has 2 bridgehead atoms. The number of aryl methyl sites for hydroxylation is 1. The van der Waals surface area contributed by atoms with Gasteiger partial charge in [0.05, 0.1) is 46.8 Å². The average Bonchev–Trinajstić information content (AvgIpc) is 3.99. The summed E-state index contributed by atoms with van der Waals surface area (Å²) in [5, 5.41) is 21.6. The fraction of sp³-hybridized carbons (Fsp3) is 0.452. The van der Waals surface area contributed by atoms with Gasteiger partial charge in [-0.3, -0.25) is 14.7 Å². The standard InChI is InChI=1S/C42H43F2N7O4/c1-22(32-11-6-14-48(32)3)55-41-30-19-34(33-12-7-15-49(33)23(2)52)51(39-25-17-35(39)50(21-25)42(53)54)40(30)29-16-24(8-5-13-45)36(37(44)38(29)47-41)27-9-4-10-31-28(27)18-26(43)20-46-31/h4,9-10,16,18-20,22,25,32-33,35,39H,5-8,11-12,14-15,17,21H2,1-3H3,(H,53,54)/t22-,25+,32-,33+,35+,39-/m0/s1. The number of halogens is 2. The molecule has 0 radical (unpaired) electrons. The van der Waals surface area contributed by atoms with Crippen LogP contribution in [-0.4, -0.2) is 91.2 Å². The first kappa shape index (κ1) is 35.4. The molecule has 11 nitrogen and oxygen atoms in total. The molecule has 284 valence electrons. The lowest BCUT2D eigenvalue weighted by Gasteiger charge is -2.40. The molecule has 7 heterocycles. The van der Waals surface area contributed by atoms with Gasteiger partial charge >= 0.3 is 6.09 Å². The molecule has 13 heteroatoms. The maximum absolute atomic E-state index is 17.8. The van der Waals surface area contributed by atoms with Crippen LogP contribution in [-0.2, 0) is 11.2 Å². The maximum atomic E-state index is 17.8. The van der Waals surface area contributed by atoms with Gasteiger partial charge in [-0.05, 0) is 94.4 Å². The lowest BCUT2D eigenvalue weighted by Crippen LogP contribution is -2.43. The molecule has 3 aromatic heterocycles. The summed E-state index contributed by atoms with van der Waals surface area (Å²) in [5.41, 5.74) is 3.33. The van der Waals surface area contributed by atoms with Crippen LogP contribution >= 0.6 is 0 Å². The van der Waals surface area contributed by atoms with Crippen molar-refractivity contribution in [2.45, 2.75) is 89.1 Å². The number of nitrogens with zero attached hydrogens (tertiary/aromatic N) is 7. The lowest BCUT2D eigenvalue weighted by molar-refractivity contribution is -0.129. The minimum absolute atomic E-state index is 0.0292. The summed E-state index contributed by atoms with van der Waals surface area (Å²) in [4.78, 5) is 40.4. The van der Waals surface area contributed by atoms with Gasteiger partial charge in [-0.1, -0.05) is 12.1 Å². The number of likely N-dealkylation sites (N-methyl/N-ethyl adjacent to an activating group) is 1. The molecule has 5 fully saturated rings. The van der Waals surface area contributed by atoms with Crippen molar-refractivity contribution in [2.24, 2.45) is 5.92 Å². The van der Waals surface area contributed by atoms with E-state index in [1.807, 2.05) is 24.0 Å². The van der Waals surface area contributed by atoms with Gasteiger partial charge in [0.25, 0.3) is 0 Å². The van der Waals surface area contributed by atoms with Crippen LogP contribution in [0.25, 0.3) is 43.8 Å². The van der Waals surface area contributed by atoms with Crippen molar-refractivity contribution in [2.75, 3.05) is 26.7 Å². The Bertz CT molecular complexity index is 2440. The van der Waals surface area contributed by atoms with Gasteiger partial charge < -0.3 is 24.2 Å². The first-order valence-electron chi connectivity index (χ1n) is 19.3. The highest BCUT2D eigenvalue weighted by atomic mass is 19.1. The quantitative estimate of drug-likeness (QED) is 0.172. The third-order valence-corrected chi connectivity index (χ3v) is 12.8. The summed E-state index contributed by atoms with van der Waals surface area (Å²) in [7, 11) is 2.07. The summed E-state index contributed by atoms with van der Waals surface area (Å²) >= 11 is 0. The summed E-state index contributed by atoms with van der Waals surface area (Å²) in [6.45, 7) is 5.52. The Balaban J connectivity index is 1.36. The van der Waals surface area contributed by atoms with E-state index < -0.39 is 17.7 Å². The Hall–Kier alpha value is -5.35. The van der Waals surface area contributed by atoms with Crippen LogP contribution in [0.2, 0.25) is 0 Å². The van der Waals surface area contributed by atoms with Crippen molar-refractivity contribution in [3.05, 3.63) is 65.5 Å². The molecule has 2 aromatic carbocycles. The summed E-state index contributed by atoms with van der Waals surface area (Å²) in [6.07, 6.45) is 4.43. The number of carboxylic acid groups (broad SMARTS) is 1. The predicted octanol–water partition coefficient (Wildman–Crippen LogP) is 7.61. The Labute approximate surface area is 317 Å². The fourth-order valence-corrected chi connectivity index (χ4v) is 10.2. The molecule has 4 saturated heterocycles. The molecule has 1 saturated carbocycles. The van der Waals surface area contributed by atoms with Gasteiger partial charge in [0, 0.05) is 60.4 Å². The van der Waals surface area contributed by atoms with Crippen molar-refractivity contribution >= 4 is 44.7 Å². The highest BCUT2D eigenvalue weighted by Gasteiger charge is 2.56. The minimum Gasteiger partial charge on any atom is -0.472 e. The van der Waals surface area contributed by atoms with E-state index in [0.717, 1.165) is 44.1 Å². The highest BCUT2D eigenvalue weighted by molar-refractivity contribution is 6.10. The zero-order chi connectivity index (χ0) is 38.3. The van der Waals surface area contributed by atoms with Gasteiger partial charge in [0.1, 0.15) is 17.4 Å². The second-order valence-electron chi connectivity index (χ2n) is 15.8. The van der Waals surface area contributed by atoms with Crippen molar-refractivity contribution in [3.63, 3.8) is 0 Å².